The molecule has 3 aliphatic rings. The number of benzene rings is 1. The lowest BCUT2D eigenvalue weighted by molar-refractivity contribution is 0.113. The number of rotatable bonds is 5. The molecule has 176 valence electrons. The minimum absolute atomic E-state index is 0.00625. The quantitative estimate of drug-likeness (QED) is 0.703. The van der Waals surface area contributed by atoms with Crippen molar-refractivity contribution in [3.05, 3.63) is 35.8 Å². The second-order valence-electron chi connectivity index (χ2n) is 8.45. The number of halogens is 1. The maximum atomic E-state index is 13.1. The van der Waals surface area contributed by atoms with E-state index in [9.17, 15) is 13.4 Å². The molecule has 2 saturated heterocycles. The van der Waals surface area contributed by atoms with Crippen LogP contribution in [0.5, 0.6) is 5.75 Å². The summed E-state index contributed by atoms with van der Waals surface area (Å²) in [5, 5.41) is 3.43. The van der Waals surface area contributed by atoms with Gasteiger partial charge in [0.25, 0.3) is 0 Å². The molecular weight excluding hydrogens is 449 g/mol. The third-order valence-corrected chi connectivity index (χ3v) is 7.58. The van der Waals surface area contributed by atoms with Gasteiger partial charge in [0.2, 0.25) is 5.95 Å². The van der Waals surface area contributed by atoms with Gasteiger partial charge in [0.05, 0.1) is 36.7 Å². The fourth-order valence-corrected chi connectivity index (χ4v) is 5.70. The average Bonchev–Trinajstić information content (AvgIpc) is 3.17. The first-order valence-corrected chi connectivity index (χ1v) is 12.4. The van der Waals surface area contributed by atoms with Crippen molar-refractivity contribution in [1.82, 2.24) is 14.9 Å². The lowest BCUT2D eigenvalue weighted by atomic mass is 10.1. The molecule has 11 heteroatoms. The standard InChI is InChI=1S/C22H26FN5O4S/c1-31-22(29)27-9-2-3-15(11-27)24-20-19-18(8-10-33(19)30)25-21(26-20)28-12-17(13-28)32-16-6-4-14(23)5-7-16/h4-7,15,17H,2-3,8-13H2,1H3,(H,24,25,26)/t15-,33-/m1/s1. The van der Waals surface area contributed by atoms with E-state index in [2.05, 4.69) is 10.3 Å². The SMILES string of the molecule is COC(=O)N1CCC[C@@H](Nc2nc(N3CC(Oc4ccc(F)cc4)C3)nc3c2[S@](=O)CC3)C1. The molecule has 0 radical (unpaired) electrons. The van der Waals surface area contributed by atoms with Crippen LogP contribution in [-0.2, 0) is 22.0 Å². The summed E-state index contributed by atoms with van der Waals surface area (Å²) in [7, 11) is 0.241. The van der Waals surface area contributed by atoms with Crippen LogP contribution >= 0.6 is 0 Å². The monoisotopic (exact) mass is 475 g/mol. The van der Waals surface area contributed by atoms with Crippen LogP contribution in [0.4, 0.5) is 21.0 Å². The van der Waals surface area contributed by atoms with Crippen LogP contribution in [0.25, 0.3) is 0 Å². The van der Waals surface area contributed by atoms with E-state index >= 15 is 0 Å². The largest absolute Gasteiger partial charge is 0.487 e. The molecule has 0 bridgehead atoms. The number of methoxy groups -OCH3 is 1. The summed E-state index contributed by atoms with van der Waals surface area (Å²) >= 11 is 0. The van der Waals surface area contributed by atoms with Crippen molar-refractivity contribution in [2.75, 3.05) is 49.3 Å². The Hall–Kier alpha value is -2.95. The number of ether oxygens (including phenoxy) is 2. The average molecular weight is 476 g/mol. The van der Waals surface area contributed by atoms with Crippen molar-refractivity contribution in [1.29, 1.82) is 0 Å². The third kappa shape index (κ3) is 4.59. The van der Waals surface area contributed by atoms with E-state index in [-0.39, 0.29) is 24.1 Å². The molecule has 2 atom stereocenters. The molecule has 33 heavy (non-hydrogen) atoms. The van der Waals surface area contributed by atoms with Gasteiger partial charge in [0, 0.05) is 31.3 Å². The summed E-state index contributed by atoms with van der Waals surface area (Å²) in [5.74, 6) is 2.03. The summed E-state index contributed by atoms with van der Waals surface area (Å²) in [6.45, 7) is 2.38. The molecule has 9 nitrogen and oxygen atoms in total. The molecule has 1 N–H and O–H groups in total. The molecule has 1 aromatic carbocycles. The molecule has 1 aromatic heterocycles. The highest BCUT2D eigenvalue weighted by Crippen LogP contribution is 2.32. The van der Waals surface area contributed by atoms with E-state index in [1.165, 1.54) is 19.2 Å². The van der Waals surface area contributed by atoms with Gasteiger partial charge in [-0.1, -0.05) is 0 Å². The number of nitrogens with zero attached hydrogens (tertiary/aromatic N) is 4. The van der Waals surface area contributed by atoms with Gasteiger partial charge in [-0.05, 0) is 37.1 Å². The van der Waals surface area contributed by atoms with E-state index in [0.717, 1.165) is 18.5 Å². The van der Waals surface area contributed by atoms with Crippen LogP contribution in [0.15, 0.2) is 29.2 Å². The molecule has 2 aromatic rings. The van der Waals surface area contributed by atoms with Crippen LogP contribution in [0.2, 0.25) is 0 Å². The zero-order chi connectivity index (χ0) is 22.9. The number of fused-ring (bicyclic) bond motifs is 1. The van der Waals surface area contributed by atoms with Crippen LogP contribution < -0.4 is 15.0 Å². The second kappa shape index (κ2) is 9.12. The Morgan fingerprint density at radius 2 is 2.00 bits per heavy atom. The maximum absolute atomic E-state index is 13.1. The van der Waals surface area contributed by atoms with Crippen molar-refractivity contribution < 1.29 is 22.9 Å². The summed E-state index contributed by atoms with van der Waals surface area (Å²) in [6, 6.07) is 5.97. The second-order valence-corrected chi connectivity index (χ2v) is 9.95. The third-order valence-electron chi connectivity index (χ3n) is 6.12. The Labute approximate surface area is 193 Å². The van der Waals surface area contributed by atoms with Gasteiger partial charge in [-0.2, -0.15) is 4.98 Å². The van der Waals surface area contributed by atoms with Gasteiger partial charge < -0.3 is 24.6 Å². The lowest BCUT2D eigenvalue weighted by Crippen LogP contribution is -2.54. The van der Waals surface area contributed by atoms with Crippen molar-refractivity contribution >= 4 is 28.7 Å². The first kappa shape index (κ1) is 21.9. The number of aromatic nitrogens is 2. The minimum Gasteiger partial charge on any atom is -0.487 e. The van der Waals surface area contributed by atoms with Crippen molar-refractivity contribution in [3.63, 3.8) is 0 Å². The number of aryl methyl sites for hydroxylation is 1. The number of hydrogen-bond donors (Lipinski definition) is 1. The van der Waals surface area contributed by atoms with Crippen LogP contribution in [0.1, 0.15) is 18.5 Å². The summed E-state index contributed by atoms with van der Waals surface area (Å²) in [4.78, 5) is 25.7. The number of nitrogens with one attached hydrogen (secondary N) is 1. The van der Waals surface area contributed by atoms with Crippen molar-refractivity contribution in [2.24, 2.45) is 0 Å². The van der Waals surface area contributed by atoms with Crippen molar-refractivity contribution in [3.8, 4) is 5.75 Å². The smallest absolute Gasteiger partial charge is 0.409 e. The summed E-state index contributed by atoms with van der Waals surface area (Å²) in [5.41, 5.74) is 0.810. The van der Waals surface area contributed by atoms with E-state index in [4.69, 9.17) is 14.5 Å². The van der Waals surface area contributed by atoms with Crippen molar-refractivity contribution in [2.45, 2.75) is 36.3 Å². The molecule has 4 heterocycles. The Balaban J connectivity index is 1.29. The van der Waals surface area contributed by atoms with Gasteiger partial charge in [-0.25, -0.2) is 14.2 Å². The normalized spacial score (nSPS) is 22.5. The molecule has 5 rings (SSSR count). The summed E-state index contributed by atoms with van der Waals surface area (Å²) < 4.78 is 36.5. The Morgan fingerprint density at radius 3 is 2.76 bits per heavy atom. The fourth-order valence-electron chi connectivity index (χ4n) is 4.39. The van der Waals surface area contributed by atoms with E-state index in [1.807, 2.05) is 4.90 Å². The zero-order valence-electron chi connectivity index (χ0n) is 18.3. The maximum Gasteiger partial charge on any atom is 0.409 e. The number of likely N-dealkylation sites (tertiary alicyclic amines) is 1. The van der Waals surface area contributed by atoms with Gasteiger partial charge >= 0.3 is 6.09 Å². The van der Waals surface area contributed by atoms with E-state index in [0.29, 0.717) is 60.8 Å². The predicted octanol–water partition coefficient (Wildman–Crippen LogP) is 2.19. The molecule has 0 unspecified atom stereocenters. The number of piperidine rings is 1. The van der Waals surface area contributed by atoms with Crippen LogP contribution in [0.3, 0.4) is 0 Å². The van der Waals surface area contributed by atoms with Crippen LogP contribution in [0, 0.1) is 5.82 Å². The van der Waals surface area contributed by atoms with E-state index in [1.54, 1.807) is 17.0 Å². The molecule has 1 amide bonds. The van der Waals surface area contributed by atoms with E-state index < -0.39 is 10.8 Å². The van der Waals surface area contributed by atoms with Crippen LogP contribution in [-0.4, -0.2) is 76.4 Å². The lowest BCUT2D eigenvalue weighted by Gasteiger charge is -2.39. The highest BCUT2D eigenvalue weighted by molar-refractivity contribution is 7.85. The van der Waals surface area contributed by atoms with Gasteiger partial charge in [0.1, 0.15) is 28.4 Å². The molecule has 3 aliphatic heterocycles. The highest BCUT2D eigenvalue weighted by Gasteiger charge is 2.34. The summed E-state index contributed by atoms with van der Waals surface area (Å²) in [6.07, 6.45) is 2.00. The number of hydrogen-bond acceptors (Lipinski definition) is 8. The Bertz CT molecular complexity index is 1060. The molecule has 0 spiro atoms. The molecular formula is C22H26FN5O4S. The van der Waals surface area contributed by atoms with Gasteiger partial charge in [-0.15, -0.1) is 0 Å². The Morgan fingerprint density at radius 1 is 1.21 bits per heavy atom. The predicted molar refractivity (Wildman–Crippen MR) is 121 cm³/mol. The zero-order valence-corrected chi connectivity index (χ0v) is 19.1. The first-order valence-electron chi connectivity index (χ1n) is 11.1. The molecule has 0 saturated carbocycles. The number of amides is 1. The number of carbonyl (C=O) groups is 1. The number of carbonyl (C=O) groups excluding carboxylic acids is 1. The molecule has 2 fully saturated rings. The van der Waals surface area contributed by atoms with Gasteiger partial charge in [-0.3, -0.25) is 4.21 Å². The first-order chi connectivity index (χ1) is 16.0. The Kier molecular flexibility index (Phi) is 6.05. The highest BCUT2D eigenvalue weighted by atomic mass is 32.2. The fraction of sp³-hybridized carbons (Fsp3) is 0.500. The van der Waals surface area contributed by atoms with Gasteiger partial charge in [0.15, 0.2) is 0 Å². The molecule has 0 aliphatic carbocycles. The topological polar surface area (TPSA) is 96.9 Å². The number of anilines is 2. The minimum atomic E-state index is -1.14.